The Morgan fingerprint density at radius 3 is 2.62 bits per heavy atom. The highest BCUT2D eigenvalue weighted by Crippen LogP contribution is 2.27. The van der Waals surface area contributed by atoms with E-state index in [0.29, 0.717) is 6.04 Å². The molecule has 0 aromatic heterocycles. The van der Waals surface area contributed by atoms with E-state index in [0.717, 1.165) is 50.6 Å². The van der Waals surface area contributed by atoms with E-state index >= 15 is 0 Å². The minimum Gasteiger partial charge on any atom is -0.494 e. The molecule has 118 valence electrons. The van der Waals surface area contributed by atoms with Crippen LogP contribution in [-0.4, -0.2) is 25.7 Å². The van der Waals surface area contributed by atoms with Crippen LogP contribution in [0.15, 0.2) is 18.2 Å². The molecule has 2 N–H and O–H groups in total. The zero-order chi connectivity index (χ0) is 15.2. The van der Waals surface area contributed by atoms with Crippen LogP contribution in [0, 0.1) is 12.8 Å². The highest BCUT2D eigenvalue weighted by Gasteiger charge is 2.17. The van der Waals surface area contributed by atoms with Gasteiger partial charge in [0.1, 0.15) is 5.75 Å². The second kappa shape index (κ2) is 7.69. The maximum absolute atomic E-state index is 5.98. The quantitative estimate of drug-likeness (QED) is 0.811. The Kier molecular flexibility index (Phi) is 5.92. The van der Waals surface area contributed by atoms with Gasteiger partial charge in [-0.1, -0.05) is 13.8 Å². The van der Waals surface area contributed by atoms with Crippen LogP contribution in [0.1, 0.15) is 45.1 Å². The number of benzene rings is 1. The number of hydrogen-bond acceptors (Lipinski definition) is 3. The summed E-state index contributed by atoms with van der Waals surface area (Å²) in [6, 6.07) is 6.85. The smallest absolute Gasteiger partial charge is 0.119 e. The molecule has 0 spiro atoms. The molecule has 1 saturated heterocycles. The van der Waals surface area contributed by atoms with Gasteiger partial charge in [0.15, 0.2) is 0 Å². The highest BCUT2D eigenvalue weighted by molar-refractivity contribution is 5.56. The number of ether oxygens (including phenoxy) is 1. The second-order valence-electron chi connectivity index (χ2n) is 6.66. The lowest BCUT2D eigenvalue weighted by molar-refractivity contribution is 0.297. The van der Waals surface area contributed by atoms with Crippen LogP contribution >= 0.6 is 0 Å². The molecular formula is C18H30N2O. The van der Waals surface area contributed by atoms with Crippen molar-refractivity contribution in [1.29, 1.82) is 0 Å². The molecule has 1 aromatic rings. The van der Waals surface area contributed by atoms with E-state index in [4.69, 9.17) is 10.5 Å². The van der Waals surface area contributed by atoms with Crippen LogP contribution in [-0.2, 0) is 0 Å². The third-order valence-corrected chi connectivity index (χ3v) is 4.24. The molecular weight excluding hydrogens is 260 g/mol. The molecule has 0 bridgehead atoms. The SMILES string of the molecule is Cc1cc(OCCCC(C)C)ccc1N1CCC(N)CC1. The van der Waals surface area contributed by atoms with Gasteiger partial charge in [-0.25, -0.2) is 0 Å². The lowest BCUT2D eigenvalue weighted by Gasteiger charge is -2.33. The average molecular weight is 290 g/mol. The fourth-order valence-corrected chi connectivity index (χ4v) is 2.89. The van der Waals surface area contributed by atoms with Crippen molar-refractivity contribution in [3.8, 4) is 5.75 Å². The molecule has 0 unspecified atom stereocenters. The third kappa shape index (κ3) is 4.92. The predicted molar refractivity (Wildman–Crippen MR) is 90.2 cm³/mol. The first-order valence-corrected chi connectivity index (χ1v) is 8.30. The lowest BCUT2D eigenvalue weighted by Crippen LogP contribution is -2.39. The zero-order valence-electron chi connectivity index (χ0n) is 13.8. The fraction of sp³-hybridized carbons (Fsp3) is 0.667. The summed E-state index contributed by atoms with van der Waals surface area (Å²) in [6.45, 7) is 9.63. The molecule has 3 heteroatoms. The molecule has 1 aliphatic heterocycles. The van der Waals surface area contributed by atoms with Gasteiger partial charge in [0.2, 0.25) is 0 Å². The Morgan fingerprint density at radius 1 is 1.29 bits per heavy atom. The summed E-state index contributed by atoms with van der Waals surface area (Å²) < 4.78 is 5.86. The molecule has 0 atom stereocenters. The molecule has 1 fully saturated rings. The van der Waals surface area contributed by atoms with Crippen molar-refractivity contribution >= 4 is 5.69 Å². The Bertz CT molecular complexity index is 437. The third-order valence-electron chi connectivity index (χ3n) is 4.24. The maximum Gasteiger partial charge on any atom is 0.119 e. The van der Waals surface area contributed by atoms with Crippen molar-refractivity contribution in [2.24, 2.45) is 11.7 Å². The van der Waals surface area contributed by atoms with Crippen molar-refractivity contribution < 1.29 is 4.74 Å². The van der Waals surface area contributed by atoms with Crippen LogP contribution < -0.4 is 15.4 Å². The number of rotatable bonds is 6. The number of nitrogens with zero attached hydrogens (tertiary/aromatic N) is 1. The highest BCUT2D eigenvalue weighted by atomic mass is 16.5. The van der Waals surface area contributed by atoms with Gasteiger partial charge < -0.3 is 15.4 Å². The van der Waals surface area contributed by atoms with E-state index in [-0.39, 0.29) is 0 Å². The van der Waals surface area contributed by atoms with Gasteiger partial charge in [-0.05, 0) is 62.3 Å². The predicted octanol–water partition coefficient (Wildman–Crippen LogP) is 3.74. The number of anilines is 1. The summed E-state index contributed by atoms with van der Waals surface area (Å²) in [5.41, 5.74) is 8.61. The first-order valence-electron chi connectivity index (χ1n) is 8.30. The summed E-state index contributed by atoms with van der Waals surface area (Å²) in [6.07, 6.45) is 4.54. The van der Waals surface area contributed by atoms with E-state index in [1.807, 2.05) is 0 Å². The van der Waals surface area contributed by atoms with Crippen LogP contribution in [0.2, 0.25) is 0 Å². The number of hydrogen-bond donors (Lipinski definition) is 1. The van der Waals surface area contributed by atoms with E-state index in [9.17, 15) is 0 Å². The molecule has 1 aliphatic rings. The number of aryl methyl sites for hydroxylation is 1. The Balaban J connectivity index is 1.88. The van der Waals surface area contributed by atoms with Gasteiger partial charge in [0.05, 0.1) is 6.61 Å². The van der Waals surface area contributed by atoms with E-state index < -0.39 is 0 Å². The Hall–Kier alpha value is -1.22. The van der Waals surface area contributed by atoms with E-state index in [2.05, 4.69) is 43.9 Å². The summed E-state index contributed by atoms with van der Waals surface area (Å²) in [7, 11) is 0. The van der Waals surface area contributed by atoms with Gasteiger partial charge in [-0.2, -0.15) is 0 Å². The summed E-state index contributed by atoms with van der Waals surface area (Å²) in [4.78, 5) is 2.45. The van der Waals surface area contributed by atoms with Crippen LogP contribution in [0.3, 0.4) is 0 Å². The minimum absolute atomic E-state index is 0.380. The van der Waals surface area contributed by atoms with Gasteiger partial charge in [-0.15, -0.1) is 0 Å². The van der Waals surface area contributed by atoms with Gasteiger partial charge >= 0.3 is 0 Å². The number of piperidine rings is 1. The largest absolute Gasteiger partial charge is 0.494 e. The lowest BCUT2D eigenvalue weighted by atomic mass is 10.0. The van der Waals surface area contributed by atoms with Crippen molar-refractivity contribution in [2.75, 3.05) is 24.6 Å². The van der Waals surface area contributed by atoms with E-state index in [1.54, 1.807) is 0 Å². The van der Waals surface area contributed by atoms with Crippen molar-refractivity contribution in [3.05, 3.63) is 23.8 Å². The minimum atomic E-state index is 0.380. The normalized spacial score (nSPS) is 16.5. The molecule has 3 nitrogen and oxygen atoms in total. The maximum atomic E-state index is 5.98. The molecule has 1 aromatic carbocycles. The Labute approximate surface area is 129 Å². The van der Waals surface area contributed by atoms with Crippen LogP contribution in [0.25, 0.3) is 0 Å². The average Bonchev–Trinajstić information content (AvgIpc) is 2.45. The summed E-state index contributed by atoms with van der Waals surface area (Å²) in [5.74, 6) is 1.75. The fourth-order valence-electron chi connectivity index (χ4n) is 2.89. The van der Waals surface area contributed by atoms with E-state index in [1.165, 1.54) is 17.7 Å². The van der Waals surface area contributed by atoms with Gasteiger partial charge in [0.25, 0.3) is 0 Å². The molecule has 1 heterocycles. The second-order valence-corrected chi connectivity index (χ2v) is 6.66. The molecule has 21 heavy (non-hydrogen) atoms. The van der Waals surface area contributed by atoms with Gasteiger partial charge in [0, 0.05) is 24.8 Å². The first-order chi connectivity index (χ1) is 10.1. The summed E-state index contributed by atoms with van der Waals surface area (Å²) in [5, 5.41) is 0. The van der Waals surface area contributed by atoms with Crippen molar-refractivity contribution in [3.63, 3.8) is 0 Å². The zero-order valence-corrected chi connectivity index (χ0v) is 13.8. The molecule has 2 rings (SSSR count). The van der Waals surface area contributed by atoms with Gasteiger partial charge in [-0.3, -0.25) is 0 Å². The molecule has 0 saturated carbocycles. The first kappa shape index (κ1) is 16.2. The molecule has 0 radical (unpaired) electrons. The monoisotopic (exact) mass is 290 g/mol. The standard InChI is InChI=1S/C18H30N2O/c1-14(2)5-4-12-21-17-6-7-18(15(3)13-17)20-10-8-16(19)9-11-20/h6-7,13-14,16H,4-5,8-12,19H2,1-3H3. The Morgan fingerprint density at radius 2 is 2.00 bits per heavy atom. The molecule has 0 amide bonds. The van der Waals surface area contributed by atoms with Crippen molar-refractivity contribution in [2.45, 2.75) is 52.5 Å². The summed E-state index contributed by atoms with van der Waals surface area (Å²) >= 11 is 0. The topological polar surface area (TPSA) is 38.5 Å². The number of nitrogens with two attached hydrogens (primary N) is 1. The molecule has 0 aliphatic carbocycles. The van der Waals surface area contributed by atoms with Crippen molar-refractivity contribution in [1.82, 2.24) is 0 Å². The van der Waals surface area contributed by atoms with Crippen LogP contribution in [0.5, 0.6) is 5.75 Å². The van der Waals surface area contributed by atoms with Crippen LogP contribution in [0.4, 0.5) is 5.69 Å².